The van der Waals surface area contributed by atoms with Gasteiger partial charge in [-0.1, -0.05) is 237 Å². The first kappa shape index (κ1) is 42.6. The molecule has 2 nitrogen and oxygen atoms in total. The molecule has 338 valence electrons. The highest BCUT2D eigenvalue weighted by atomic mass is 15.1. The SMILES string of the molecule is c1ccc(-c2ccccc2-c2c(-c3ccccc3)cccc2-c2ccccc2N(c2cccc(-c3cccc4ccccc34)c2)c2cccc(-c3cccc4c3c3ccccc3n4-c3ccccc3)c2)cc1. The molecular formula is C70H48N2. The van der Waals surface area contributed by atoms with E-state index in [1.807, 2.05) is 0 Å². The zero-order valence-corrected chi connectivity index (χ0v) is 39.6. The molecule has 13 aromatic rings. The maximum absolute atomic E-state index is 2.48. The fourth-order valence-corrected chi connectivity index (χ4v) is 11.0. The molecule has 0 saturated heterocycles. The van der Waals surface area contributed by atoms with E-state index in [0.717, 1.165) is 45.0 Å². The van der Waals surface area contributed by atoms with E-state index in [2.05, 4.69) is 301 Å². The minimum atomic E-state index is 1.06. The van der Waals surface area contributed by atoms with Crippen LogP contribution in [0.1, 0.15) is 0 Å². The highest BCUT2D eigenvalue weighted by Crippen LogP contribution is 2.49. The number of hydrogen-bond donors (Lipinski definition) is 0. The second kappa shape index (κ2) is 18.4. The fraction of sp³-hybridized carbons (Fsp3) is 0. The molecular weight excluding hydrogens is 869 g/mol. The fourth-order valence-electron chi connectivity index (χ4n) is 11.0. The van der Waals surface area contributed by atoms with E-state index in [0.29, 0.717) is 0 Å². The topological polar surface area (TPSA) is 8.17 Å². The van der Waals surface area contributed by atoms with Gasteiger partial charge in [0.25, 0.3) is 0 Å². The van der Waals surface area contributed by atoms with Gasteiger partial charge < -0.3 is 9.47 Å². The van der Waals surface area contributed by atoms with Crippen molar-refractivity contribution in [2.45, 2.75) is 0 Å². The summed E-state index contributed by atoms with van der Waals surface area (Å²) >= 11 is 0. The summed E-state index contributed by atoms with van der Waals surface area (Å²) in [6.07, 6.45) is 0. The smallest absolute Gasteiger partial charge is 0.0547 e. The van der Waals surface area contributed by atoms with Gasteiger partial charge in [-0.3, -0.25) is 0 Å². The number of rotatable bonds is 10. The zero-order valence-electron chi connectivity index (χ0n) is 39.6. The third-order valence-corrected chi connectivity index (χ3v) is 14.2. The van der Waals surface area contributed by atoms with Crippen molar-refractivity contribution >= 4 is 49.6 Å². The average Bonchev–Trinajstić information content (AvgIpc) is 3.80. The first-order valence-electron chi connectivity index (χ1n) is 24.8. The van der Waals surface area contributed by atoms with Gasteiger partial charge in [-0.2, -0.15) is 0 Å². The van der Waals surface area contributed by atoms with E-state index in [9.17, 15) is 0 Å². The number of benzene rings is 12. The van der Waals surface area contributed by atoms with Crippen LogP contribution in [0.15, 0.2) is 291 Å². The Morgan fingerprint density at radius 3 is 1.47 bits per heavy atom. The van der Waals surface area contributed by atoms with Crippen LogP contribution in [0.5, 0.6) is 0 Å². The Hall–Kier alpha value is -9.50. The predicted molar refractivity (Wildman–Crippen MR) is 306 cm³/mol. The van der Waals surface area contributed by atoms with Crippen LogP contribution >= 0.6 is 0 Å². The lowest BCUT2D eigenvalue weighted by molar-refractivity contribution is 1.18. The molecule has 0 aliphatic carbocycles. The molecule has 0 saturated carbocycles. The number of aromatic nitrogens is 1. The van der Waals surface area contributed by atoms with Crippen LogP contribution in [0.3, 0.4) is 0 Å². The van der Waals surface area contributed by atoms with Crippen molar-refractivity contribution in [3.05, 3.63) is 291 Å². The van der Waals surface area contributed by atoms with E-state index in [1.54, 1.807) is 0 Å². The summed E-state index contributed by atoms with van der Waals surface area (Å²) in [4.78, 5) is 2.48. The Kier molecular flexibility index (Phi) is 10.9. The first-order chi connectivity index (χ1) is 35.8. The number of anilines is 3. The molecule has 0 fully saturated rings. The Bertz CT molecular complexity index is 4090. The lowest BCUT2D eigenvalue weighted by Crippen LogP contribution is -2.11. The van der Waals surface area contributed by atoms with Gasteiger partial charge in [0.1, 0.15) is 0 Å². The number of fused-ring (bicyclic) bond motifs is 4. The normalized spacial score (nSPS) is 11.3. The van der Waals surface area contributed by atoms with Crippen LogP contribution in [-0.2, 0) is 0 Å². The van der Waals surface area contributed by atoms with Crippen molar-refractivity contribution in [3.8, 4) is 72.4 Å². The number of nitrogens with zero attached hydrogens (tertiary/aromatic N) is 2. The summed E-state index contributed by atoms with van der Waals surface area (Å²) in [6, 6.07) is 106. The van der Waals surface area contributed by atoms with E-state index < -0.39 is 0 Å². The summed E-state index contributed by atoms with van der Waals surface area (Å²) in [5.41, 5.74) is 20.8. The van der Waals surface area contributed by atoms with Crippen LogP contribution < -0.4 is 4.90 Å². The highest BCUT2D eigenvalue weighted by molar-refractivity contribution is 6.16. The van der Waals surface area contributed by atoms with Crippen molar-refractivity contribution in [3.63, 3.8) is 0 Å². The quantitative estimate of drug-likeness (QED) is 0.133. The van der Waals surface area contributed by atoms with Crippen LogP contribution in [0.2, 0.25) is 0 Å². The van der Waals surface area contributed by atoms with Gasteiger partial charge in [0, 0.05) is 33.4 Å². The second-order valence-corrected chi connectivity index (χ2v) is 18.4. The third kappa shape index (κ3) is 7.54. The van der Waals surface area contributed by atoms with Crippen LogP contribution in [0, 0.1) is 0 Å². The summed E-state index contributed by atoms with van der Waals surface area (Å²) in [7, 11) is 0. The molecule has 0 atom stereocenters. The predicted octanol–water partition coefficient (Wildman–Crippen LogP) is 19.4. The molecule has 0 aliphatic rings. The molecule has 2 heteroatoms. The molecule has 0 amide bonds. The molecule has 1 heterocycles. The van der Waals surface area contributed by atoms with Gasteiger partial charge in [0.05, 0.1) is 16.7 Å². The van der Waals surface area contributed by atoms with Crippen molar-refractivity contribution in [2.75, 3.05) is 4.90 Å². The first-order valence-corrected chi connectivity index (χ1v) is 24.8. The minimum absolute atomic E-state index is 1.06. The Morgan fingerprint density at radius 1 is 0.264 bits per heavy atom. The van der Waals surface area contributed by atoms with Gasteiger partial charge in [-0.25, -0.2) is 0 Å². The minimum Gasteiger partial charge on any atom is -0.310 e. The van der Waals surface area contributed by atoms with Gasteiger partial charge in [-0.15, -0.1) is 0 Å². The number of hydrogen-bond acceptors (Lipinski definition) is 1. The summed E-state index contributed by atoms with van der Waals surface area (Å²) < 4.78 is 2.40. The van der Waals surface area contributed by atoms with Crippen molar-refractivity contribution < 1.29 is 0 Å². The summed E-state index contributed by atoms with van der Waals surface area (Å²) in [5.74, 6) is 0. The number of para-hydroxylation sites is 3. The van der Waals surface area contributed by atoms with Crippen molar-refractivity contribution in [1.29, 1.82) is 0 Å². The van der Waals surface area contributed by atoms with Crippen LogP contribution in [0.4, 0.5) is 17.1 Å². The monoisotopic (exact) mass is 916 g/mol. The molecule has 0 unspecified atom stereocenters. The molecule has 72 heavy (non-hydrogen) atoms. The highest BCUT2D eigenvalue weighted by Gasteiger charge is 2.24. The molecule has 0 spiro atoms. The van der Waals surface area contributed by atoms with Crippen LogP contribution in [0.25, 0.3) is 105 Å². The molecule has 1 aromatic heterocycles. The molecule has 0 bridgehead atoms. The van der Waals surface area contributed by atoms with E-state index in [-0.39, 0.29) is 0 Å². The maximum Gasteiger partial charge on any atom is 0.0547 e. The van der Waals surface area contributed by atoms with Crippen molar-refractivity contribution in [2.24, 2.45) is 0 Å². The van der Waals surface area contributed by atoms with Crippen molar-refractivity contribution in [1.82, 2.24) is 4.57 Å². The van der Waals surface area contributed by atoms with Gasteiger partial charge in [-0.05, 0) is 127 Å². The zero-order chi connectivity index (χ0) is 47.8. The van der Waals surface area contributed by atoms with Gasteiger partial charge in [0.15, 0.2) is 0 Å². The van der Waals surface area contributed by atoms with E-state index in [4.69, 9.17) is 0 Å². The largest absolute Gasteiger partial charge is 0.310 e. The molecule has 0 N–H and O–H groups in total. The average molecular weight is 917 g/mol. The molecule has 0 radical (unpaired) electrons. The molecule has 13 rings (SSSR count). The molecule has 0 aliphatic heterocycles. The summed E-state index contributed by atoms with van der Waals surface area (Å²) in [6.45, 7) is 0. The standard InChI is InChI=1S/C70H48N2/c1-4-23-49(24-5-1)58-36-12-13-38-63(58)69-60(51-25-6-2-7-26-51)41-21-43-64(69)62-37-14-16-44-66(62)71(55-33-18-29-52(47-55)59-40-20-28-50-27-10-11-35-57(50)59)56-34-19-30-53(48-56)61-42-22-46-68-70(61)65-39-15-17-45-67(65)72(68)54-31-8-3-9-32-54/h1-48H. The Labute approximate surface area is 420 Å². The lowest BCUT2D eigenvalue weighted by atomic mass is 9.84. The van der Waals surface area contributed by atoms with Gasteiger partial charge in [0.2, 0.25) is 0 Å². The third-order valence-electron chi connectivity index (χ3n) is 14.2. The van der Waals surface area contributed by atoms with E-state index in [1.165, 1.54) is 77.1 Å². The second-order valence-electron chi connectivity index (χ2n) is 18.4. The van der Waals surface area contributed by atoms with Crippen LogP contribution in [-0.4, -0.2) is 4.57 Å². The van der Waals surface area contributed by atoms with Gasteiger partial charge >= 0.3 is 0 Å². The van der Waals surface area contributed by atoms with E-state index >= 15 is 0 Å². The Morgan fingerprint density at radius 2 is 0.722 bits per heavy atom. The lowest BCUT2D eigenvalue weighted by Gasteiger charge is -2.30. The maximum atomic E-state index is 2.48. The molecule has 12 aromatic carbocycles. The Balaban J connectivity index is 1.06. The summed E-state index contributed by atoms with van der Waals surface area (Å²) in [5, 5.41) is 4.91.